The number of rotatable bonds is 5. The molecule has 0 atom stereocenters. The standard InChI is InChI=1S/C13H14BrNOS/c1-16-12-2-3-13(14)11(6-12)8-15-7-10-4-5-17-9-10/h2-6,9,15H,7-8H2,1H3. The third-order valence-electron chi connectivity index (χ3n) is 2.48. The van der Waals surface area contributed by atoms with Gasteiger partial charge in [0.15, 0.2) is 0 Å². The van der Waals surface area contributed by atoms with Crippen molar-refractivity contribution >= 4 is 27.3 Å². The minimum absolute atomic E-state index is 0.827. The monoisotopic (exact) mass is 311 g/mol. The molecule has 1 heterocycles. The first-order valence-corrected chi connectivity index (χ1v) is 7.07. The van der Waals surface area contributed by atoms with Gasteiger partial charge in [-0.1, -0.05) is 15.9 Å². The summed E-state index contributed by atoms with van der Waals surface area (Å²) in [5.41, 5.74) is 2.54. The molecule has 2 aromatic rings. The number of nitrogens with one attached hydrogen (secondary N) is 1. The molecule has 0 saturated heterocycles. The summed E-state index contributed by atoms with van der Waals surface area (Å²) >= 11 is 5.27. The third kappa shape index (κ3) is 3.56. The molecule has 0 radical (unpaired) electrons. The van der Waals surface area contributed by atoms with Crippen LogP contribution in [-0.4, -0.2) is 7.11 Å². The van der Waals surface area contributed by atoms with Crippen molar-refractivity contribution in [3.8, 4) is 5.75 Å². The highest BCUT2D eigenvalue weighted by atomic mass is 79.9. The Hall–Kier alpha value is -0.840. The summed E-state index contributed by atoms with van der Waals surface area (Å²) < 4.78 is 6.32. The second-order valence-electron chi connectivity index (χ2n) is 3.69. The van der Waals surface area contributed by atoms with Crippen LogP contribution in [0.15, 0.2) is 39.5 Å². The molecule has 0 fully saturated rings. The Morgan fingerprint density at radius 1 is 1.29 bits per heavy atom. The molecule has 1 aromatic heterocycles. The number of hydrogen-bond donors (Lipinski definition) is 1. The van der Waals surface area contributed by atoms with Gasteiger partial charge in [-0.2, -0.15) is 11.3 Å². The van der Waals surface area contributed by atoms with Crippen LogP contribution in [0.2, 0.25) is 0 Å². The van der Waals surface area contributed by atoms with Crippen LogP contribution in [-0.2, 0) is 13.1 Å². The summed E-state index contributed by atoms with van der Waals surface area (Å²) in [6.07, 6.45) is 0. The second-order valence-corrected chi connectivity index (χ2v) is 5.33. The highest BCUT2D eigenvalue weighted by Crippen LogP contribution is 2.22. The molecule has 0 saturated carbocycles. The average Bonchev–Trinajstić information content (AvgIpc) is 2.84. The van der Waals surface area contributed by atoms with Crippen LogP contribution in [0, 0.1) is 0 Å². The molecule has 1 aromatic carbocycles. The summed E-state index contributed by atoms with van der Waals surface area (Å²) in [7, 11) is 1.69. The number of halogens is 1. The highest BCUT2D eigenvalue weighted by Gasteiger charge is 2.02. The third-order valence-corrected chi connectivity index (χ3v) is 3.98. The van der Waals surface area contributed by atoms with Gasteiger partial charge >= 0.3 is 0 Å². The molecule has 0 bridgehead atoms. The lowest BCUT2D eigenvalue weighted by Crippen LogP contribution is -2.12. The van der Waals surface area contributed by atoms with Crippen LogP contribution in [0.5, 0.6) is 5.75 Å². The average molecular weight is 312 g/mol. The molecule has 17 heavy (non-hydrogen) atoms. The molecule has 0 unspecified atom stereocenters. The predicted octanol–water partition coefficient (Wildman–Crippen LogP) is 3.81. The molecule has 2 nitrogen and oxygen atoms in total. The van der Waals surface area contributed by atoms with Gasteiger partial charge in [0.25, 0.3) is 0 Å². The number of thiophene rings is 1. The van der Waals surface area contributed by atoms with Crippen molar-refractivity contribution in [2.24, 2.45) is 0 Å². The van der Waals surface area contributed by atoms with Crippen LogP contribution in [0.1, 0.15) is 11.1 Å². The van der Waals surface area contributed by atoms with Crippen LogP contribution in [0.4, 0.5) is 0 Å². The zero-order chi connectivity index (χ0) is 12.1. The number of ether oxygens (including phenoxy) is 1. The van der Waals surface area contributed by atoms with Crippen molar-refractivity contribution in [2.45, 2.75) is 13.1 Å². The lowest BCUT2D eigenvalue weighted by molar-refractivity contribution is 0.414. The summed E-state index contributed by atoms with van der Waals surface area (Å²) in [4.78, 5) is 0. The number of hydrogen-bond acceptors (Lipinski definition) is 3. The largest absolute Gasteiger partial charge is 0.497 e. The predicted molar refractivity (Wildman–Crippen MR) is 75.6 cm³/mol. The fourth-order valence-electron chi connectivity index (χ4n) is 1.55. The van der Waals surface area contributed by atoms with Gasteiger partial charge in [-0.25, -0.2) is 0 Å². The molecule has 4 heteroatoms. The molecule has 0 amide bonds. The zero-order valence-electron chi connectivity index (χ0n) is 9.57. The van der Waals surface area contributed by atoms with Gasteiger partial charge in [-0.3, -0.25) is 0 Å². The maximum absolute atomic E-state index is 5.22. The minimum atomic E-state index is 0.827. The Morgan fingerprint density at radius 2 is 2.18 bits per heavy atom. The quantitative estimate of drug-likeness (QED) is 0.906. The smallest absolute Gasteiger partial charge is 0.119 e. The van der Waals surface area contributed by atoms with E-state index >= 15 is 0 Å². The van der Waals surface area contributed by atoms with Gasteiger partial charge in [0.05, 0.1) is 7.11 Å². The van der Waals surface area contributed by atoms with E-state index in [1.165, 1.54) is 11.1 Å². The molecule has 0 aliphatic rings. The first-order valence-electron chi connectivity index (χ1n) is 5.34. The van der Waals surface area contributed by atoms with E-state index in [0.29, 0.717) is 0 Å². The molecule has 0 spiro atoms. The van der Waals surface area contributed by atoms with E-state index < -0.39 is 0 Å². The van der Waals surface area contributed by atoms with Gasteiger partial charge in [0.2, 0.25) is 0 Å². The van der Waals surface area contributed by atoms with Crippen molar-refractivity contribution in [1.29, 1.82) is 0 Å². The van der Waals surface area contributed by atoms with Crippen LogP contribution in [0.3, 0.4) is 0 Å². The Labute approximate surface area is 114 Å². The van der Waals surface area contributed by atoms with Crippen molar-refractivity contribution in [3.63, 3.8) is 0 Å². The Bertz CT molecular complexity index is 470. The summed E-state index contributed by atoms with van der Waals surface area (Å²) in [6.45, 7) is 1.72. The summed E-state index contributed by atoms with van der Waals surface area (Å²) in [5.74, 6) is 0.889. The first kappa shape index (κ1) is 12.6. The van der Waals surface area contributed by atoms with Crippen LogP contribution in [0.25, 0.3) is 0 Å². The van der Waals surface area contributed by atoms with Crippen LogP contribution < -0.4 is 10.1 Å². The fraction of sp³-hybridized carbons (Fsp3) is 0.231. The summed E-state index contributed by atoms with van der Waals surface area (Å²) in [6, 6.07) is 8.15. The molecule has 2 rings (SSSR count). The maximum atomic E-state index is 5.22. The van der Waals surface area contributed by atoms with E-state index in [2.05, 4.69) is 38.1 Å². The van der Waals surface area contributed by atoms with Gasteiger partial charge in [0.1, 0.15) is 5.75 Å². The molecule has 0 aliphatic heterocycles. The minimum Gasteiger partial charge on any atom is -0.497 e. The topological polar surface area (TPSA) is 21.3 Å². The van der Waals surface area contributed by atoms with Gasteiger partial charge in [-0.05, 0) is 46.2 Å². The molecule has 0 aliphatic carbocycles. The second kappa shape index (κ2) is 6.19. The normalized spacial score (nSPS) is 10.5. The van der Waals surface area contributed by atoms with Gasteiger partial charge < -0.3 is 10.1 Å². The SMILES string of the molecule is COc1ccc(Br)c(CNCc2ccsc2)c1. The maximum Gasteiger partial charge on any atom is 0.119 e. The van der Waals surface area contributed by atoms with E-state index in [9.17, 15) is 0 Å². The Kier molecular flexibility index (Phi) is 4.59. The molecular weight excluding hydrogens is 298 g/mol. The van der Waals surface area contributed by atoms with E-state index in [-0.39, 0.29) is 0 Å². The summed E-state index contributed by atoms with van der Waals surface area (Å²) in [5, 5.41) is 7.67. The lowest BCUT2D eigenvalue weighted by atomic mass is 10.2. The van der Waals surface area contributed by atoms with Crippen molar-refractivity contribution < 1.29 is 4.74 Å². The van der Waals surface area contributed by atoms with Crippen molar-refractivity contribution in [2.75, 3.05) is 7.11 Å². The molecular formula is C13H14BrNOS. The molecule has 90 valence electrons. The van der Waals surface area contributed by atoms with E-state index in [4.69, 9.17) is 4.74 Å². The van der Waals surface area contributed by atoms with Gasteiger partial charge in [-0.15, -0.1) is 0 Å². The number of benzene rings is 1. The number of methoxy groups -OCH3 is 1. The van der Waals surface area contributed by atoms with Gasteiger partial charge in [0, 0.05) is 17.6 Å². The van der Waals surface area contributed by atoms with E-state index in [1.54, 1.807) is 18.4 Å². The van der Waals surface area contributed by atoms with Crippen LogP contribution >= 0.6 is 27.3 Å². The fourth-order valence-corrected chi connectivity index (χ4v) is 2.60. The first-order chi connectivity index (χ1) is 8.29. The highest BCUT2D eigenvalue weighted by molar-refractivity contribution is 9.10. The van der Waals surface area contributed by atoms with Crippen molar-refractivity contribution in [1.82, 2.24) is 5.32 Å². The van der Waals surface area contributed by atoms with E-state index in [0.717, 1.165) is 23.3 Å². The molecule has 1 N–H and O–H groups in total. The zero-order valence-corrected chi connectivity index (χ0v) is 12.0. The van der Waals surface area contributed by atoms with Crippen molar-refractivity contribution in [3.05, 3.63) is 50.6 Å². The lowest BCUT2D eigenvalue weighted by Gasteiger charge is -2.08. The Balaban J connectivity index is 1.94. The van der Waals surface area contributed by atoms with E-state index in [1.807, 2.05) is 18.2 Å². The Morgan fingerprint density at radius 3 is 2.88 bits per heavy atom.